The third kappa shape index (κ3) is 4.70. The molecule has 2 aromatic carbocycles. The van der Waals surface area contributed by atoms with Crippen LogP contribution in [-0.4, -0.2) is 37.0 Å². The summed E-state index contributed by atoms with van der Waals surface area (Å²) < 4.78 is 5.29. The van der Waals surface area contributed by atoms with Crippen molar-refractivity contribution in [3.63, 3.8) is 0 Å². The molecule has 0 bridgehead atoms. The Hall–Kier alpha value is -2.86. The van der Waals surface area contributed by atoms with Crippen molar-refractivity contribution in [2.75, 3.05) is 25.6 Å². The first kappa shape index (κ1) is 19.9. The summed E-state index contributed by atoms with van der Waals surface area (Å²) in [5, 5.41) is 5.79. The SMILES string of the molecule is COc1ccc(C(=O)NCN2CCc3ccccc3C2)cc1NC(=O)C(C)C. The number of hydrogen-bond donors (Lipinski definition) is 2. The number of rotatable bonds is 6. The predicted octanol–water partition coefficient (Wildman–Crippen LogP) is 3.04. The zero-order chi connectivity index (χ0) is 20.1. The fraction of sp³-hybridized carbons (Fsp3) is 0.364. The molecule has 2 amide bonds. The Morgan fingerprint density at radius 2 is 1.89 bits per heavy atom. The van der Waals surface area contributed by atoms with Gasteiger partial charge in [0, 0.05) is 24.6 Å². The van der Waals surface area contributed by atoms with Crippen LogP contribution in [0.15, 0.2) is 42.5 Å². The van der Waals surface area contributed by atoms with Gasteiger partial charge < -0.3 is 15.4 Å². The molecule has 148 valence electrons. The van der Waals surface area contributed by atoms with E-state index < -0.39 is 0 Å². The molecule has 0 aromatic heterocycles. The van der Waals surface area contributed by atoms with Crippen LogP contribution in [0.2, 0.25) is 0 Å². The van der Waals surface area contributed by atoms with Crippen molar-refractivity contribution in [2.45, 2.75) is 26.8 Å². The van der Waals surface area contributed by atoms with Crippen LogP contribution in [0.25, 0.3) is 0 Å². The average Bonchev–Trinajstić information content (AvgIpc) is 2.71. The molecule has 28 heavy (non-hydrogen) atoms. The van der Waals surface area contributed by atoms with Gasteiger partial charge >= 0.3 is 0 Å². The average molecular weight is 381 g/mol. The lowest BCUT2D eigenvalue weighted by molar-refractivity contribution is -0.118. The molecule has 6 heteroatoms. The van der Waals surface area contributed by atoms with E-state index in [2.05, 4.69) is 33.7 Å². The number of nitrogens with one attached hydrogen (secondary N) is 2. The Morgan fingerprint density at radius 1 is 1.14 bits per heavy atom. The number of ether oxygens (including phenoxy) is 1. The lowest BCUT2D eigenvalue weighted by Crippen LogP contribution is -2.40. The van der Waals surface area contributed by atoms with Gasteiger partial charge in [0.15, 0.2) is 0 Å². The molecule has 0 fully saturated rings. The van der Waals surface area contributed by atoms with Gasteiger partial charge in [-0.2, -0.15) is 0 Å². The minimum atomic E-state index is -0.179. The lowest BCUT2D eigenvalue weighted by atomic mass is 10.0. The van der Waals surface area contributed by atoms with Gasteiger partial charge in [-0.15, -0.1) is 0 Å². The maximum absolute atomic E-state index is 12.6. The van der Waals surface area contributed by atoms with Crippen LogP contribution < -0.4 is 15.4 Å². The maximum Gasteiger partial charge on any atom is 0.252 e. The first-order chi connectivity index (χ1) is 13.5. The molecule has 2 aromatic rings. The van der Waals surface area contributed by atoms with E-state index in [0.717, 1.165) is 19.5 Å². The van der Waals surface area contributed by atoms with Crippen LogP contribution in [0.5, 0.6) is 5.75 Å². The van der Waals surface area contributed by atoms with Crippen LogP contribution in [0, 0.1) is 5.92 Å². The van der Waals surface area contributed by atoms with Crippen LogP contribution in [-0.2, 0) is 17.8 Å². The highest BCUT2D eigenvalue weighted by Crippen LogP contribution is 2.26. The molecule has 3 rings (SSSR count). The van der Waals surface area contributed by atoms with Gasteiger partial charge in [0.2, 0.25) is 5.91 Å². The summed E-state index contributed by atoms with van der Waals surface area (Å²) in [6.07, 6.45) is 0.986. The van der Waals surface area contributed by atoms with E-state index in [9.17, 15) is 9.59 Å². The topological polar surface area (TPSA) is 70.7 Å². The molecule has 1 aliphatic rings. The quantitative estimate of drug-likeness (QED) is 0.807. The molecule has 0 unspecified atom stereocenters. The molecule has 6 nitrogen and oxygen atoms in total. The van der Waals surface area contributed by atoms with Crippen LogP contribution >= 0.6 is 0 Å². The molecule has 1 heterocycles. The van der Waals surface area contributed by atoms with E-state index in [1.165, 1.54) is 18.2 Å². The minimum absolute atomic E-state index is 0.122. The van der Waals surface area contributed by atoms with Crippen molar-refractivity contribution < 1.29 is 14.3 Å². The summed E-state index contributed by atoms with van der Waals surface area (Å²) in [4.78, 5) is 26.8. The van der Waals surface area contributed by atoms with Gasteiger partial charge in [0.05, 0.1) is 19.5 Å². The molecule has 0 radical (unpaired) electrons. The van der Waals surface area contributed by atoms with Gasteiger partial charge in [-0.3, -0.25) is 14.5 Å². The monoisotopic (exact) mass is 381 g/mol. The Kier molecular flexibility index (Phi) is 6.31. The van der Waals surface area contributed by atoms with Gasteiger partial charge in [-0.1, -0.05) is 38.1 Å². The number of benzene rings is 2. The first-order valence-electron chi connectivity index (χ1n) is 9.54. The summed E-state index contributed by atoms with van der Waals surface area (Å²) >= 11 is 0. The number of fused-ring (bicyclic) bond motifs is 1. The second-order valence-corrected chi connectivity index (χ2v) is 7.29. The van der Waals surface area contributed by atoms with Crippen molar-refractivity contribution in [3.05, 3.63) is 59.2 Å². The van der Waals surface area contributed by atoms with Crippen molar-refractivity contribution in [2.24, 2.45) is 5.92 Å². The van der Waals surface area contributed by atoms with Gasteiger partial charge in [0.25, 0.3) is 5.91 Å². The number of nitrogens with zero attached hydrogens (tertiary/aromatic N) is 1. The van der Waals surface area contributed by atoms with Crippen LogP contribution in [0.3, 0.4) is 0 Å². The fourth-order valence-corrected chi connectivity index (χ4v) is 3.20. The van der Waals surface area contributed by atoms with Crippen molar-refractivity contribution in [3.8, 4) is 5.75 Å². The Labute approximate surface area is 165 Å². The number of hydrogen-bond acceptors (Lipinski definition) is 4. The van der Waals surface area contributed by atoms with Gasteiger partial charge in [-0.05, 0) is 35.7 Å². The molecule has 1 aliphatic heterocycles. The van der Waals surface area contributed by atoms with E-state index in [1.807, 2.05) is 19.9 Å². The van der Waals surface area contributed by atoms with Gasteiger partial charge in [-0.25, -0.2) is 0 Å². The molecule has 0 spiro atoms. The standard InChI is InChI=1S/C22H27N3O3/c1-15(2)21(26)24-19-12-17(8-9-20(19)28-3)22(27)23-14-25-11-10-16-6-4-5-7-18(16)13-25/h4-9,12,15H,10-11,13-14H2,1-3H3,(H,23,27)(H,24,26). The number of methoxy groups -OCH3 is 1. The molecule has 0 aliphatic carbocycles. The summed E-state index contributed by atoms with van der Waals surface area (Å²) in [6.45, 7) is 5.85. The second-order valence-electron chi connectivity index (χ2n) is 7.29. The van der Waals surface area contributed by atoms with E-state index in [1.54, 1.807) is 18.2 Å². The summed E-state index contributed by atoms with van der Waals surface area (Å²) in [7, 11) is 1.54. The highest BCUT2D eigenvalue weighted by Gasteiger charge is 2.17. The predicted molar refractivity (Wildman–Crippen MR) is 109 cm³/mol. The third-order valence-electron chi connectivity index (χ3n) is 4.92. The smallest absolute Gasteiger partial charge is 0.252 e. The van der Waals surface area contributed by atoms with Crippen molar-refractivity contribution >= 4 is 17.5 Å². The number of carbonyl (C=O) groups is 2. The Bertz CT molecular complexity index is 864. The molecule has 2 N–H and O–H groups in total. The maximum atomic E-state index is 12.6. The minimum Gasteiger partial charge on any atom is -0.495 e. The molecular formula is C22H27N3O3. The summed E-state index contributed by atoms with van der Waals surface area (Å²) in [5.41, 5.74) is 3.68. The first-order valence-corrected chi connectivity index (χ1v) is 9.54. The van der Waals surface area contributed by atoms with E-state index in [-0.39, 0.29) is 17.7 Å². The Morgan fingerprint density at radius 3 is 2.61 bits per heavy atom. The van der Waals surface area contributed by atoms with Crippen LogP contribution in [0.4, 0.5) is 5.69 Å². The number of anilines is 1. The lowest BCUT2D eigenvalue weighted by Gasteiger charge is -2.28. The van der Waals surface area contributed by atoms with Crippen molar-refractivity contribution in [1.82, 2.24) is 10.2 Å². The molecular weight excluding hydrogens is 354 g/mol. The fourth-order valence-electron chi connectivity index (χ4n) is 3.20. The molecule has 0 saturated heterocycles. The number of amides is 2. The number of carbonyl (C=O) groups excluding carboxylic acids is 2. The summed E-state index contributed by atoms with van der Waals surface area (Å²) in [5.74, 6) is 0.0618. The van der Waals surface area contributed by atoms with Crippen LogP contribution in [0.1, 0.15) is 35.3 Å². The zero-order valence-corrected chi connectivity index (χ0v) is 16.6. The highest BCUT2D eigenvalue weighted by molar-refractivity contribution is 5.98. The highest BCUT2D eigenvalue weighted by atomic mass is 16.5. The van der Waals surface area contributed by atoms with Crippen molar-refractivity contribution in [1.29, 1.82) is 0 Å². The van der Waals surface area contributed by atoms with E-state index >= 15 is 0 Å². The molecule has 0 saturated carbocycles. The molecule has 0 atom stereocenters. The normalized spacial score (nSPS) is 13.7. The largest absolute Gasteiger partial charge is 0.495 e. The van der Waals surface area contributed by atoms with E-state index in [0.29, 0.717) is 23.7 Å². The zero-order valence-electron chi connectivity index (χ0n) is 16.6. The van der Waals surface area contributed by atoms with E-state index in [4.69, 9.17) is 4.74 Å². The summed E-state index contributed by atoms with van der Waals surface area (Å²) in [6, 6.07) is 13.5. The van der Waals surface area contributed by atoms with Gasteiger partial charge in [0.1, 0.15) is 5.75 Å². The Balaban J connectivity index is 1.63. The third-order valence-corrected chi connectivity index (χ3v) is 4.92. The second kappa shape index (κ2) is 8.89.